The molecule has 0 aliphatic rings. The lowest BCUT2D eigenvalue weighted by Gasteiger charge is -2.09. The van der Waals surface area contributed by atoms with Gasteiger partial charge in [0.1, 0.15) is 5.56 Å². The third-order valence-corrected chi connectivity index (χ3v) is 3.53. The molecular weight excluding hydrogens is 338 g/mol. The van der Waals surface area contributed by atoms with Gasteiger partial charge in [0.05, 0.1) is 27.0 Å². The van der Waals surface area contributed by atoms with Crippen LogP contribution in [0.2, 0.25) is 0 Å². The van der Waals surface area contributed by atoms with Gasteiger partial charge < -0.3 is 24.6 Å². The first-order valence-corrected chi connectivity index (χ1v) is 7.61. The Kier molecular flexibility index (Phi) is 6.21. The van der Waals surface area contributed by atoms with E-state index in [4.69, 9.17) is 9.47 Å². The van der Waals surface area contributed by atoms with Crippen LogP contribution in [-0.2, 0) is 9.53 Å². The molecule has 0 radical (unpaired) electrons. The van der Waals surface area contributed by atoms with E-state index in [1.807, 2.05) is 0 Å². The van der Waals surface area contributed by atoms with Gasteiger partial charge >= 0.3 is 5.97 Å². The van der Waals surface area contributed by atoms with E-state index in [1.165, 1.54) is 45.6 Å². The normalized spacial score (nSPS) is 10.4. The highest BCUT2D eigenvalue weighted by Gasteiger charge is 2.15. The zero-order valence-corrected chi connectivity index (χ0v) is 14.6. The van der Waals surface area contributed by atoms with Crippen LogP contribution in [0.15, 0.2) is 42.5 Å². The lowest BCUT2D eigenvalue weighted by Crippen LogP contribution is -2.10. The smallest absolute Gasteiger partial charge is 0.341 e. The number of ether oxygens (including phenoxy) is 3. The summed E-state index contributed by atoms with van der Waals surface area (Å²) in [6.07, 6.45) is 2.88. The molecule has 136 valence electrons. The summed E-state index contributed by atoms with van der Waals surface area (Å²) >= 11 is 0. The molecule has 7 nitrogen and oxygen atoms in total. The van der Waals surface area contributed by atoms with E-state index in [2.05, 4.69) is 10.1 Å². The van der Waals surface area contributed by atoms with Crippen molar-refractivity contribution in [3.63, 3.8) is 0 Å². The van der Waals surface area contributed by atoms with Crippen LogP contribution in [0.3, 0.4) is 0 Å². The number of benzene rings is 2. The Balaban J connectivity index is 2.14. The molecule has 0 aliphatic carbocycles. The lowest BCUT2D eigenvalue weighted by atomic mass is 10.1. The van der Waals surface area contributed by atoms with Crippen LogP contribution in [0.25, 0.3) is 6.08 Å². The molecule has 1 amide bonds. The lowest BCUT2D eigenvalue weighted by molar-refractivity contribution is -0.111. The number of carbonyl (C=O) groups is 2. The molecule has 0 aliphatic heterocycles. The Morgan fingerprint density at radius 2 is 1.77 bits per heavy atom. The summed E-state index contributed by atoms with van der Waals surface area (Å²) in [7, 11) is 4.27. The molecule has 26 heavy (non-hydrogen) atoms. The van der Waals surface area contributed by atoms with Crippen molar-refractivity contribution >= 4 is 23.6 Å². The van der Waals surface area contributed by atoms with Gasteiger partial charge in [-0.15, -0.1) is 0 Å². The van der Waals surface area contributed by atoms with E-state index in [0.717, 1.165) is 5.56 Å². The number of amides is 1. The number of para-hydroxylation sites is 1. The number of phenolic OH excluding ortho intramolecular Hbond substituents is 1. The first-order chi connectivity index (χ1) is 12.5. The molecule has 0 saturated heterocycles. The van der Waals surface area contributed by atoms with Crippen molar-refractivity contribution in [2.45, 2.75) is 0 Å². The van der Waals surface area contributed by atoms with Gasteiger partial charge in [-0.05, 0) is 35.9 Å². The van der Waals surface area contributed by atoms with Crippen molar-refractivity contribution in [3.8, 4) is 17.2 Å². The summed E-state index contributed by atoms with van der Waals surface area (Å²) in [5.41, 5.74) is 0.800. The number of phenols is 1. The molecule has 0 aromatic heterocycles. The SMILES string of the molecule is COC(=O)c1cccc(NC(=O)/C=C/c2ccc(OC)c(OC)c2)c1O. The average Bonchev–Trinajstić information content (AvgIpc) is 2.67. The summed E-state index contributed by atoms with van der Waals surface area (Å²) in [4.78, 5) is 23.6. The number of hydrogen-bond acceptors (Lipinski definition) is 6. The summed E-state index contributed by atoms with van der Waals surface area (Å²) in [6, 6.07) is 9.61. The maximum atomic E-state index is 12.1. The van der Waals surface area contributed by atoms with Gasteiger partial charge in [0.15, 0.2) is 17.2 Å². The maximum Gasteiger partial charge on any atom is 0.341 e. The van der Waals surface area contributed by atoms with Gasteiger partial charge in [-0.25, -0.2) is 4.79 Å². The van der Waals surface area contributed by atoms with E-state index in [0.29, 0.717) is 11.5 Å². The Bertz CT molecular complexity index is 844. The van der Waals surface area contributed by atoms with Crippen molar-refractivity contribution in [2.24, 2.45) is 0 Å². The van der Waals surface area contributed by atoms with Crippen LogP contribution in [-0.4, -0.2) is 38.3 Å². The van der Waals surface area contributed by atoms with Gasteiger partial charge in [0.25, 0.3) is 0 Å². The second-order valence-corrected chi connectivity index (χ2v) is 5.13. The van der Waals surface area contributed by atoms with Crippen LogP contribution < -0.4 is 14.8 Å². The van der Waals surface area contributed by atoms with Crippen molar-refractivity contribution in [1.29, 1.82) is 0 Å². The van der Waals surface area contributed by atoms with Gasteiger partial charge in [0.2, 0.25) is 5.91 Å². The summed E-state index contributed by atoms with van der Waals surface area (Å²) in [5, 5.41) is 12.6. The number of rotatable bonds is 6. The number of carbonyl (C=O) groups excluding carboxylic acids is 2. The minimum atomic E-state index is -0.695. The fraction of sp³-hybridized carbons (Fsp3) is 0.158. The van der Waals surface area contributed by atoms with Crippen LogP contribution >= 0.6 is 0 Å². The largest absolute Gasteiger partial charge is 0.505 e. The number of hydrogen-bond donors (Lipinski definition) is 2. The standard InChI is InChI=1S/C19H19NO6/c1-24-15-9-7-12(11-16(15)25-2)8-10-17(21)20-14-6-4-5-13(18(14)22)19(23)26-3/h4-11,22H,1-3H3,(H,20,21)/b10-8+. The Morgan fingerprint density at radius 3 is 2.42 bits per heavy atom. The van der Waals surface area contributed by atoms with E-state index >= 15 is 0 Å². The first kappa shape index (κ1) is 18.9. The van der Waals surface area contributed by atoms with Gasteiger partial charge in [-0.2, -0.15) is 0 Å². The quantitative estimate of drug-likeness (QED) is 0.469. The van der Waals surface area contributed by atoms with Crippen LogP contribution in [0.1, 0.15) is 15.9 Å². The summed E-state index contributed by atoms with van der Waals surface area (Å²) in [5.74, 6) is -0.402. The highest BCUT2D eigenvalue weighted by Crippen LogP contribution is 2.29. The van der Waals surface area contributed by atoms with Crippen molar-refractivity contribution in [2.75, 3.05) is 26.6 Å². The van der Waals surface area contributed by atoms with Crippen molar-refractivity contribution < 1.29 is 28.9 Å². The molecule has 2 aromatic rings. The molecule has 0 fully saturated rings. The Hall–Kier alpha value is -3.48. The minimum absolute atomic E-state index is 0.0332. The fourth-order valence-corrected chi connectivity index (χ4v) is 2.22. The average molecular weight is 357 g/mol. The third kappa shape index (κ3) is 4.32. The molecular formula is C19H19NO6. The molecule has 2 rings (SSSR count). The monoisotopic (exact) mass is 357 g/mol. The van der Waals surface area contributed by atoms with Crippen LogP contribution in [0, 0.1) is 0 Å². The zero-order chi connectivity index (χ0) is 19.1. The molecule has 0 spiro atoms. The Morgan fingerprint density at radius 1 is 1.04 bits per heavy atom. The maximum absolute atomic E-state index is 12.1. The summed E-state index contributed by atoms with van der Waals surface area (Å²) < 4.78 is 14.9. The molecule has 0 atom stereocenters. The van der Waals surface area contributed by atoms with Crippen LogP contribution in [0.4, 0.5) is 5.69 Å². The molecule has 7 heteroatoms. The highest BCUT2D eigenvalue weighted by molar-refractivity contribution is 6.04. The second-order valence-electron chi connectivity index (χ2n) is 5.13. The van der Waals surface area contributed by atoms with Crippen LogP contribution in [0.5, 0.6) is 17.2 Å². The molecule has 0 bridgehead atoms. The zero-order valence-electron chi connectivity index (χ0n) is 14.6. The molecule has 2 N–H and O–H groups in total. The topological polar surface area (TPSA) is 94.1 Å². The number of methoxy groups -OCH3 is 3. The van der Waals surface area contributed by atoms with Gasteiger partial charge in [0, 0.05) is 6.08 Å². The number of nitrogens with one attached hydrogen (secondary N) is 1. The predicted octanol–water partition coefficient (Wildman–Crippen LogP) is 2.85. The molecule has 0 unspecified atom stereocenters. The third-order valence-electron chi connectivity index (χ3n) is 3.53. The Labute approximate surface area is 150 Å². The van der Waals surface area contributed by atoms with Crippen molar-refractivity contribution in [1.82, 2.24) is 0 Å². The number of aromatic hydroxyl groups is 1. The number of anilines is 1. The minimum Gasteiger partial charge on any atom is -0.505 e. The fourth-order valence-electron chi connectivity index (χ4n) is 2.22. The van der Waals surface area contributed by atoms with E-state index in [-0.39, 0.29) is 17.0 Å². The van der Waals surface area contributed by atoms with Crippen molar-refractivity contribution in [3.05, 3.63) is 53.6 Å². The van der Waals surface area contributed by atoms with Gasteiger partial charge in [-0.3, -0.25) is 4.79 Å². The predicted molar refractivity (Wildman–Crippen MR) is 96.7 cm³/mol. The molecule has 0 heterocycles. The van der Waals surface area contributed by atoms with E-state index < -0.39 is 11.9 Å². The van der Waals surface area contributed by atoms with E-state index in [1.54, 1.807) is 24.3 Å². The molecule has 2 aromatic carbocycles. The van der Waals surface area contributed by atoms with Gasteiger partial charge in [-0.1, -0.05) is 12.1 Å². The van der Waals surface area contributed by atoms with E-state index in [9.17, 15) is 14.7 Å². The molecule has 0 saturated carbocycles. The second kappa shape index (κ2) is 8.57. The highest BCUT2D eigenvalue weighted by atomic mass is 16.5. The first-order valence-electron chi connectivity index (χ1n) is 7.61. The number of esters is 1. The summed E-state index contributed by atoms with van der Waals surface area (Å²) in [6.45, 7) is 0.